The zero-order chi connectivity index (χ0) is 25.7. The molecule has 7 nitrogen and oxygen atoms in total. The minimum atomic E-state index is -0.252. The number of amides is 2. The highest BCUT2D eigenvalue weighted by Crippen LogP contribution is 2.32. The molecule has 0 bridgehead atoms. The number of nitrogens with zero attached hydrogens (tertiary/aromatic N) is 3. The van der Waals surface area contributed by atoms with Gasteiger partial charge in [0.15, 0.2) is 11.5 Å². The Morgan fingerprint density at radius 3 is 2.29 bits per heavy atom. The molecule has 0 saturated carbocycles. The Hall–Kier alpha value is -3.39. The molecular formula is C27H33N3O4S. The van der Waals surface area contributed by atoms with Crippen molar-refractivity contribution in [2.45, 2.75) is 27.2 Å². The number of thiazole rings is 1. The van der Waals surface area contributed by atoms with Gasteiger partial charge in [0.05, 0.1) is 24.1 Å². The summed E-state index contributed by atoms with van der Waals surface area (Å²) in [6, 6.07) is 11.8. The average Bonchev–Trinajstić information content (AvgIpc) is 3.24. The van der Waals surface area contributed by atoms with E-state index in [-0.39, 0.29) is 18.4 Å². The summed E-state index contributed by atoms with van der Waals surface area (Å²) >= 11 is 1.49. The van der Waals surface area contributed by atoms with Gasteiger partial charge < -0.3 is 19.3 Å². The van der Waals surface area contributed by atoms with E-state index in [1.54, 1.807) is 33.2 Å². The number of ether oxygens (including phenoxy) is 2. The third kappa shape index (κ3) is 6.19. The molecule has 0 spiro atoms. The third-order valence-electron chi connectivity index (χ3n) is 5.94. The molecule has 0 fully saturated rings. The van der Waals surface area contributed by atoms with Crippen LogP contribution in [0.15, 0.2) is 36.4 Å². The van der Waals surface area contributed by atoms with Crippen LogP contribution in [-0.2, 0) is 11.2 Å². The van der Waals surface area contributed by atoms with Crippen molar-refractivity contribution in [3.05, 3.63) is 63.8 Å². The van der Waals surface area contributed by atoms with Crippen LogP contribution in [0.2, 0.25) is 0 Å². The number of carbonyl (C=O) groups is 2. The fourth-order valence-corrected chi connectivity index (χ4v) is 4.56. The van der Waals surface area contributed by atoms with Crippen LogP contribution in [0.5, 0.6) is 11.5 Å². The molecule has 35 heavy (non-hydrogen) atoms. The second-order valence-electron chi connectivity index (χ2n) is 8.66. The number of hydrogen-bond donors (Lipinski definition) is 0. The van der Waals surface area contributed by atoms with Crippen molar-refractivity contribution in [1.29, 1.82) is 0 Å². The number of benzene rings is 2. The van der Waals surface area contributed by atoms with Crippen LogP contribution in [0.3, 0.4) is 0 Å². The summed E-state index contributed by atoms with van der Waals surface area (Å²) in [5, 5.41) is 0.806. The maximum absolute atomic E-state index is 13.8. The standard InChI is InChI=1S/C27H33N3O4S/c1-17-8-10-21(14-18(17)2)26-25(28-19(3)35-26)27(32)30(16-24(31)29(4)5)13-12-20-9-11-22(33-6)23(15-20)34-7/h8-11,14-15H,12-13,16H2,1-7H3. The van der Waals surface area contributed by atoms with Crippen LogP contribution < -0.4 is 9.47 Å². The van der Waals surface area contributed by atoms with Gasteiger partial charge in [-0.05, 0) is 61.6 Å². The van der Waals surface area contributed by atoms with Gasteiger partial charge in [-0.2, -0.15) is 0 Å². The number of aromatic nitrogens is 1. The molecule has 0 aliphatic carbocycles. The maximum atomic E-state index is 13.8. The summed E-state index contributed by atoms with van der Waals surface area (Å²) in [4.78, 5) is 34.8. The minimum absolute atomic E-state index is 0.0257. The first kappa shape index (κ1) is 26.2. The Balaban J connectivity index is 1.92. The van der Waals surface area contributed by atoms with Crippen molar-refractivity contribution < 1.29 is 19.1 Å². The van der Waals surface area contributed by atoms with E-state index in [1.165, 1.54) is 21.8 Å². The number of carbonyl (C=O) groups excluding carboxylic acids is 2. The molecule has 0 saturated heterocycles. The van der Waals surface area contributed by atoms with Gasteiger partial charge >= 0.3 is 0 Å². The van der Waals surface area contributed by atoms with Gasteiger partial charge in [-0.15, -0.1) is 11.3 Å². The Labute approximate surface area is 211 Å². The second kappa shape index (κ2) is 11.4. The SMILES string of the molecule is COc1ccc(CCN(CC(=O)N(C)C)C(=O)c2nc(C)sc2-c2ccc(C)c(C)c2)cc1OC. The second-order valence-corrected chi connectivity index (χ2v) is 9.87. The van der Waals surface area contributed by atoms with Crippen LogP contribution in [0.4, 0.5) is 0 Å². The zero-order valence-corrected chi connectivity index (χ0v) is 22.3. The first-order chi connectivity index (χ1) is 16.6. The van der Waals surface area contributed by atoms with E-state index >= 15 is 0 Å². The van der Waals surface area contributed by atoms with Crippen LogP contribution in [0.1, 0.15) is 32.2 Å². The molecule has 2 aromatic carbocycles. The Kier molecular flexibility index (Phi) is 8.51. The summed E-state index contributed by atoms with van der Waals surface area (Å²) < 4.78 is 10.7. The number of rotatable bonds is 9. The molecule has 8 heteroatoms. The molecule has 0 radical (unpaired) electrons. The number of hydrogen-bond acceptors (Lipinski definition) is 6. The lowest BCUT2D eigenvalue weighted by molar-refractivity contribution is -0.129. The number of likely N-dealkylation sites (N-methyl/N-ethyl adjacent to an activating group) is 1. The molecule has 1 aromatic heterocycles. The molecule has 0 N–H and O–H groups in total. The largest absolute Gasteiger partial charge is 0.493 e. The lowest BCUT2D eigenvalue weighted by Gasteiger charge is -2.24. The van der Waals surface area contributed by atoms with Gasteiger partial charge in [0, 0.05) is 20.6 Å². The first-order valence-electron chi connectivity index (χ1n) is 11.4. The van der Waals surface area contributed by atoms with E-state index in [4.69, 9.17) is 9.47 Å². The predicted octanol–water partition coefficient (Wildman–Crippen LogP) is 4.53. The van der Waals surface area contributed by atoms with E-state index in [0.717, 1.165) is 26.6 Å². The highest BCUT2D eigenvalue weighted by molar-refractivity contribution is 7.15. The fourth-order valence-electron chi connectivity index (χ4n) is 3.66. The smallest absolute Gasteiger partial charge is 0.274 e. The molecule has 0 atom stereocenters. The van der Waals surface area contributed by atoms with Crippen molar-refractivity contribution in [2.75, 3.05) is 41.4 Å². The number of aryl methyl sites for hydroxylation is 3. The van der Waals surface area contributed by atoms with Crippen LogP contribution in [0, 0.1) is 20.8 Å². The van der Waals surface area contributed by atoms with Crippen molar-refractivity contribution >= 4 is 23.2 Å². The normalized spacial score (nSPS) is 10.7. The summed E-state index contributed by atoms with van der Waals surface area (Å²) in [5.74, 6) is 0.867. The van der Waals surface area contributed by atoms with Gasteiger partial charge in [-0.3, -0.25) is 9.59 Å². The van der Waals surface area contributed by atoms with Crippen molar-refractivity contribution in [3.8, 4) is 21.9 Å². The monoisotopic (exact) mass is 495 g/mol. The van der Waals surface area contributed by atoms with Gasteiger partial charge in [0.25, 0.3) is 5.91 Å². The van der Waals surface area contributed by atoms with E-state index in [1.807, 2.05) is 31.2 Å². The molecule has 3 rings (SSSR count). The molecule has 2 amide bonds. The van der Waals surface area contributed by atoms with E-state index in [2.05, 4.69) is 31.0 Å². The quantitative estimate of drug-likeness (QED) is 0.436. The molecule has 0 aliphatic rings. The van der Waals surface area contributed by atoms with E-state index < -0.39 is 0 Å². The van der Waals surface area contributed by atoms with Gasteiger partial charge in [0.1, 0.15) is 12.2 Å². The fraction of sp³-hybridized carbons (Fsp3) is 0.370. The first-order valence-corrected chi connectivity index (χ1v) is 12.2. The topological polar surface area (TPSA) is 72.0 Å². The Morgan fingerprint density at radius 1 is 0.943 bits per heavy atom. The Bertz CT molecular complexity index is 1220. The predicted molar refractivity (Wildman–Crippen MR) is 140 cm³/mol. The highest BCUT2D eigenvalue weighted by Gasteiger charge is 2.26. The number of methoxy groups -OCH3 is 2. The van der Waals surface area contributed by atoms with Crippen molar-refractivity contribution in [3.63, 3.8) is 0 Å². The summed E-state index contributed by atoms with van der Waals surface area (Å²) in [6.07, 6.45) is 0.550. The molecule has 1 heterocycles. The molecule has 0 aliphatic heterocycles. The summed E-state index contributed by atoms with van der Waals surface area (Å²) in [7, 11) is 6.56. The lowest BCUT2D eigenvalue weighted by Crippen LogP contribution is -2.41. The molecule has 0 unspecified atom stereocenters. The molecule has 186 valence electrons. The molecule has 3 aromatic rings. The summed E-state index contributed by atoms with van der Waals surface area (Å²) in [6.45, 7) is 6.34. The van der Waals surface area contributed by atoms with Crippen LogP contribution >= 0.6 is 11.3 Å². The maximum Gasteiger partial charge on any atom is 0.274 e. The molecular weight excluding hydrogens is 462 g/mol. The highest BCUT2D eigenvalue weighted by atomic mass is 32.1. The van der Waals surface area contributed by atoms with E-state index in [0.29, 0.717) is 30.2 Å². The Morgan fingerprint density at radius 2 is 1.66 bits per heavy atom. The summed E-state index contributed by atoms with van der Waals surface area (Å²) in [5.41, 5.74) is 4.66. The van der Waals surface area contributed by atoms with Crippen molar-refractivity contribution in [1.82, 2.24) is 14.8 Å². The van der Waals surface area contributed by atoms with Gasteiger partial charge in [-0.1, -0.05) is 24.3 Å². The minimum Gasteiger partial charge on any atom is -0.493 e. The van der Waals surface area contributed by atoms with Crippen molar-refractivity contribution in [2.24, 2.45) is 0 Å². The third-order valence-corrected chi connectivity index (χ3v) is 6.96. The van der Waals surface area contributed by atoms with Crippen LogP contribution in [-0.4, -0.2) is 68.0 Å². The van der Waals surface area contributed by atoms with Gasteiger partial charge in [0.2, 0.25) is 5.91 Å². The average molecular weight is 496 g/mol. The van der Waals surface area contributed by atoms with Gasteiger partial charge in [-0.25, -0.2) is 4.98 Å². The van der Waals surface area contributed by atoms with Crippen LogP contribution in [0.25, 0.3) is 10.4 Å². The lowest BCUT2D eigenvalue weighted by atomic mass is 10.0. The van der Waals surface area contributed by atoms with E-state index in [9.17, 15) is 9.59 Å². The zero-order valence-electron chi connectivity index (χ0n) is 21.5.